The van der Waals surface area contributed by atoms with E-state index in [4.69, 9.17) is 4.98 Å². The lowest BCUT2D eigenvalue weighted by atomic mass is 9.76. The van der Waals surface area contributed by atoms with Crippen molar-refractivity contribution in [3.63, 3.8) is 0 Å². The lowest BCUT2D eigenvalue weighted by molar-refractivity contribution is 0.310. The average molecular weight is 400 g/mol. The van der Waals surface area contributed by atoms with E-state index in [9.17, 15) is 0 Å². The Kier molecular flexibility index (Phi) is 4.48. The molecule has 2 aliphatic rings. The van der Waals surface area contributed by atoms with E-state index < -0.39 is 0 Å². The van der Waals surface area contributed by atoms with Crippen LogP contribution >= 0.6 is 15.9 Å². The largest absolute Gasteiger partial charge is 0.368 e. The van der Waals surface area contributed by atoms with E-state index in [0.717, 1.165) is 49.3 Å². The van der Waals surface area contributed by atoms with Crippen LogP contribution in [0, 0.1) is 5.41 Å². The molecule has 2 aromatic rings. The quantitative estimate of drug-likeness (QED) is 0.730. The molecule has 1 aromatic heterocycles. The number of fused-ring (bicyclic) bond motifs is 1. The number of aryl methyl sites for hydroxylation is 1. The third-order valence-electron chi connectivity index (χ3n) is 5.54. The van der Waals surface area contributed by atoms with Crippen LogP contribution in [0.2, 0.25) is 0 Å². The molecule has 0 spiro atoms. The fourth-order valence-electron chi connectivity index (χ4n) is 3.98. The number of para-hydroxylation sites is 1. The Morgan fingerprint density at radius 1 is 1.00 bits per heavy atom. The first-order chi connectivity index (χ1) is 12.0. The van der Waals surface area contributed by atoms with Gasteiger partial charge in [0, 0.05) is 37.6 Å². The van der Waals surface area contributed by atoms with Crippen molar-refractivity contribution in [1.82, 2.24) is 4.98 Å². The summed E-state index contributed by atoms with van der Waals surface area (Å²) < 4.78 is 1.15. The molecule has 0 unspecified atom stereocenters. The van der Waals surface area contributed by atoms with Crippen LogP contribution in [0.25, 0.3) is 0 Å². The van der Waals surface area contributed by atoms with Crippen LogP contribution < -0.4 is 9.80 Å². The first-order valence-corrected chi connectivity index (χ1v) is 10.0. The second-order valence-electron chi connectivity index (χ2n) is 8.05. The molecule has 1 aromatic carbocycles. The van der Waals surface area contributed by atoms with E-state index in [1.165, 1.54) is 23.4 Å². The number of aromatic nitrogens is 1. The van der Waals surface area contributed by atoms with Gasteiger partial charge in [0.15, 0.2) is 0 Å². The molecule has 1 aliphatic carbocycles. The number of pyridine rings is 1. The summed E-state index contributed by atoms with van der Waals surface area (Å²) in [5, 5.41) is 0. The standard InChI is InChI=1S/C21H26BrN3/c1-21(2)9-8-16-14-18(22)20(23-19(16)15-21)25-12-10-24(11-13-25)17-6-4-3-5-7-17/h3-7,14H,8-13,15H2,1-2H3. The third kappa shape index (κ3) is 3.55. The SMILES string of the molecule is CC1(C)CCc2cc(Br)c(N3CCN(c4ccccc4)CC3)nc2C1. The van der Waals surface area contributed by atoms with E-state index >= 15 is 0 Å². The van der Waals surface area contributed by atoms with Crippen molar-refractivity contribution in [3.8, 4) is 0 Å². The van der Waals surface area contributed by atoms with Gasteiger partial charge in [0.1, 0.15) is 5.82 Å². The molecule has 3 nitrogen and oxygen atoms in total. The van der Waals surface area contributed by atoms with E-state index in [-0.39, 0.29) is 0 Å². The molecule has 0 atom stereocenters. The topological polar surface area (TPSA) is 19.4 Å². The van der Waals surface area contributed by atoms with Gasteiger partial charge in [-0.2, -0.15) is 0 Å². The van der Waals surface area contributed by atoms with Gasteiger partial charge in [-0.05, 0) is 64.4 Å². The summed E-state index contributed by atoms with van der Waals surface area (Å²) in [4.78, 5) is 9.99. The summed E-state index contributed by atoms with van der Waals surface area (Å²) >= 11 is 3.78. The van der Waals surface area contributed by atoms with Crippen molar-refractivity contribution < 1.29 is 0 Å². The average Bonchev–Trinajstić information content (AvgIpc) is 2.62. The highest BCUT2D eigenvalue weighted by molar-refractivity contribution is 9.10. The summed E-state index contributed by atoms with van der Waals surface area (Å²) in [6, 6.07) is 13.0. The van der Waals surface area contributed by atoms with Crippen molar-refractivity contribution in [1.29, 1.82) is 0 Å². The monoisotopic (exact) mass is 399 g/mol. The molecule has 4 rings (SSSR count). The zero-order chi connectivity index (χ0) is 17.4. The second-order valence-corrected chi connectivity index (χ2v) is 8.90. The molecule has 0 saturated carbocycles. The highest BCUT2D eigenvalue weighted by Gasteiger charge is 2.28. The Morgan fingerprint density at radius 3 is 2.40 bits per heavy atom. The minimum Gasteiger partial charge on any atom is -0.368 e. The van der Waals surface area contributed by atoms with Gasteiger partial charge in [-0.25, -0.2) is 4.98 Å². The van der Waals surface area contributed by atoms with Crippen molar-refractivity contribution in [2.75, 3.05) is 36.0 Å². The minimum absolute atomic E-state index is 0.372. The van der Waals surface area contributed by atoms with Gasteiger partial charge >= 0.3 is 0 Å². The van der Waals surface area contributed by atoms with Crippen molar-refractivity contribution in [2.24, 2.45) is 5.41 Å². The summed E-state index contributed by atoms with van der Waals surface area (Å²) in [5.41, 5.74) is 4.43. The van der Waals surface area contributed by atoms with Crippen LogP contribution in [0.5, 0.6) is 0 Å². The third-order valence-corrected chi connectivity index (χ3v) is 6.13. The molecule has 0 radical (unpaired) electrons. The highest BCUT2D eigenvalue weighted by Crippen LogP contribution is 2.37. The maximum Gasteiger partial charge on any atom is 0.143 e. The zero-order valence-corrected chi connectivity index (χ0v) is 16.7. The lowest BCUT2D eigenvalue weighted by Gasteiger charge is -2.38. The number of halogens is 1. The second kappa shape index (κ2) is 6.64. The molecule has 1 saturated heterocycles. The summed E-state index contributed by atoms with van der Waals surface area (Å²) in [6.45, 7) is 8.84. The molecule has 1 fully saturated rings. The predicted octanol–water partition coefficient (Wildman–Crippen LogP) is 4.69. The molecule has 4 heteroatoms. The molecule has 132 valence electrons. The zero-order valence-electron chi connectivity index (χ0n) is 15.1. The maximum absolute atomic E-state index is 5.09. The van der Waals surface area contributed by atoms with E-state index in [1.807, 2.05) is 0 Å². The van der Waals surface area contributed by atoms with Gasteiger partial charge in [0.2, 0.25) is 0 Å². The van der Waals surface area contributed by atoms with E-state index in [1.54, 1.807) is 0 Å². The minimum atomic E-state index is 0.372. The predicted molar refractivity (Wildman–Crippen MR) is 109 cm³/mol. The number of hydrogen-bond acceptors (Lipinski definition) is 3. The molecule has 0 bridgehead atoms. The van der Waals surface area contributed by atoms with Gasteiger partial charge in [-0.3, -0.25) is 0 Å². The normalized spacial score (nSPS) is 19.6. The number of piperazine rings is 1. The fourth-order valence-corrected chi connectivity index (χ4v) is 4.59. The van der Waals surface area contributed by atoms with Gasteiger partial charge in [-0.15, -0.1) is 0 Å². The van der Waals surface area contributed by atoms with Gasteiger partial charge in [0.25, 0.3) is 0 Å². The number of rotatable bonds is 2. The summed E-state index contributed by atoms with van der Waals surface area (Å²) in [6.07, 6.45) is 3.49. The highest BCUT2D eigenvalue weighted by atomic mass is 79.9. The molecule has 2 heterocycles. The Hall–Kier alpha value is -1.55. The Morgan fingerprint density at radius 2 is 1.68 bits per heavy atom. The fraction of sp³-hybridized carbons (Fsp3) is 0.476. The van der Waals surface area contributed by atoms with Crippen molar-refractivity contribution in [2.45, 2.75) is 33.1 Å². The van der Waals surface area contributed by atoms with Crippen LogP contribution in [-0.4, -0.2) is 31.2 Å². The maximum atomic E-state index is 5.09. The molecular weight excluding hydrogens is 374 g/mol. The van der Waals surface area contributed by atoms with E-state index in [2.05, 4.69) is 76.0 Å². The van der Waals surface area contributed by atoms with Crippen LogP contribution in [0.15, 0.2) is 40.9 Å². The van der Waals surface area contributed by atoms with Gasteiger partial charge < -0.3 is 9.80 Å². The first kappa shape index (κ1) is 16.9. The van der Waals surface area contributed by atoms with Crippen LogP contribution in [0.4, 0.5) is 11.5 Å². The molecule has 1 aliphatic heterocycles. The summed E-state index contributed by atoms with van der Waals surface area (Å²) in [7, 11) is 0. The molecule has 0 amide bonds. The first-order valence-electron chi connectivity index (χ1n) is 9.25. The lowest BCUT2D eigenvalue weighted by Crippen LogP contribution is -2.47. The number of hydrogen-bond donors (Lipinski definition) is 0. The Labute approximate surface area is 159 Å². The van der Waals surface area contributed by atoms with Gasteiger partial charge in [0.05, 0.1) is 4.47 Å². The van der Waals surface area contributed by atoms with Crippen LogP contribution in [0.3, 0.4) is 0 Å². The number of anilines is 2. The van der Waals surface area contributed by atoms with Gasteiger partial charge in [-0.1, -0.05) is 32.0 Å². The van der Waals surface area contributed by atoms with Crippen molar-refractivity contribution >= 4 is 27.4 Å². The molecular formula is C21H26BrN3. The van der Waals surface area contributed by atoms with Crippen LogP contribution in [-0.2, 0) is 12.8 Å². The molecule has 25 heavy (non-hydrogen) atoms. The smallest absolute Gasteiger partial charge is 0.143 e. The summed E-state index contributed by atoms with van der Waals surface area (Å²) in [5.74, 6) is 1.13. The number of benzene rings is 1. The molecule has 0 N–H and O–H groups in total. The Balaban J connectivity index is 1.52. The van der Waals surface area contributed by atoms with E-state index in [0.29, 0.717) is 5.41 Å². The number of nitrogens with zero attached hydrogens (tertiary/aromatic N) is 3. The Bertz CT molecular complexity index is 749. The van der Waals surface area contributed by atoms with Crippen LogP contribution in [0.1, 0.15) is 31.5 Å². The van der Waals surface area contributed by atoms with Crippen molar-refractivity contribution in [3.05, 3.63) is 52.1 Å².